The van der Waals surface area contributed by atoms with Crippen molar-refractivity contribution in [3.8, 4) is 0 Å². The number of nitrogens with one attached hydrogen (secondary N) is 2. The van der Waals surface area contributed by atoms with Gasteiger partial charge in [-0.05, 0) is 42.0 Å². The first-order valence-electron chi connectivity index (χ1n) is 7.14. The molecule has 0 fully saturated rings. The Hall–Kier alpha value is -2.06. The van der Waals surface area contributed by atoms with Crippen LogP contribution < -0.4 is 5.32 Å². The normalized spacial score (nSPS) is 12.7. The highest BCUT2D eigenvalue weighted by Gasteiger charge is 2.03. The summed E-state index contributed by atoms with van der Waals surface area (Å²) < 4.78 is 0. The summed E-state index contributed by atoms with van der Waals surface area (Å²) in [6.07, 6.45) is 3.05. The molecule has 0 aliphatic rings. The summed E-state index contributed by atoms with van der Waals surface area (Å²) in [5, 5.41) is 4.86. The fourth-order valence-electron chi connectivity index (χ4n) is 2.54. The lowest BCUT2D eigenvalue weighted by Crippen LogP contribution is -2.27. The average Bonchev–Trinajstić information content (AvgIpc) is 2.93. The van der Waals surface area contributed by atoms with Gasteiger partial charge in [-0.3, -0.25) is 0 Å². The minimum absolute atomic E-state index is 0.469. The van der Waals surface area contributed by atoms with Crippen LogP contribution in [0.15, 0.2) is 60.8 Å². The van der Waals surface area contributed by atoms with E-state index in [9.17, 15) is 0 Å². The van der Waals surface area contributed by atoms with Gasteiger partial charge >= 0.3 is 0 Å². The van der Waals surface area contributed by atoms with Crippen molar-refractivity contribution in [3.63, 3.8) is 0 Å². The molecule has 0 amide bonds. The van der Waals surface area contributed by atoms with Crippen molar-refractivity contribution >= 4 is 10.9 Å². The van der Waals surface area contributed by atoms with Crippen molar-refractivity contribution in [1.29, 1.82) is 0 Å². The minimum atomic E-state index is 0.469. The highest BCUT2D eigenvalue weighted by Crippen LogP contribution is 2.14. The summed E-state index contributed by atoms with van der Waals surface area (Å²) in [6.45, 7) is 3.14. The molecule has 1 heterocycles. The largest absolute Gasteiger partial charge is 0.361 e. The molecule has 1 atom stereocenters. The number of rotatable bonds is 5. The van der Waals surface area contributed by atoms with Gasteiger partial charge in [-0.15, -0.1) is 0 Å². The highest BCUT2D eigenvalue weighted by molar-refractivity contribution is 5.79. The summed E-state index contributed by atoms with van der Waals surface area (Å²) >= 11 is 0. The maximum atomic E-state index is 3.59. The number of aromatic amines is 1. The van der Waals surface area contributed by atoms with Crippen LogP contribution in [0.4, 0.5) is 0 Å². The molecule has 0 spiro atoms. The summed E-state index contributed by atoms with van der Waals surface area (Å²) in [4.78, 5) is 3.26. The van der Waals surface area contributed by atoms with Crippen LogP contribution in [0.5, 0.6) is 0 Å². The maximum absolute atomic E-state index is 3.59. The Morgan fingerprint density at radius 3 is 2.70 bits per heavy atom. The molecule has 0 aliphatic carbocycles. The maximum Gasteiger partial charge on any atom is 0.0457 e. The first kappa shape index (κ1) is 12.9. The fourth-order valence-corrected chi connectivity index (χ4v) is 2.54. The third-order valence-electron chi connectivity index (χ3n) is 3.66. The van der Waals surface area contributed by atoms with E-state index in [0.717, 1.165) is 13.0 Å². The molecule has 0 aliphatic heterocycles. The number of hydrogen-bond donors (Lipinski definition) is 2. The van der Waals surface area contributed by atoms with E-state index in [-0.39, 0.29) is 0 Å². The lowest BCUT2D eigenvalue weighted by molar-refractivity contribution is 0.545. The zero-order valence-electron chi connectivity index (χ0n) is 11.8. The van der Waals surface area contributed by atoms with Crippen LogP contribution in [0, 0.1) is 0 Å². The SMILES string of the molecule is CC(Cc1ccccc1)NCc1ccc2cc[nH]c2c1. The van der Waals surface area contributed by atoms with Gasteiger partial charge in [0.25, 0.3) is 0 Å². The standard InChI is InChI=1S/C18H20N2/c1-14(11-15-5-3-2-4-6-15)20-13-16-7-8-17-9-10-19-18(17)12-16/h2-10,12,14,19-20H,11,13H2,1H3. The van der Waals surface area contributed by atoms with Gasteiger partial charge in [-0.25, -0.2) is 0 Å². The van der Waals surface area contributed by atoms with Crippen LogP contribution in [0.25, 0.3) is 10.9 Å². The quantitative estimate of drug-likeness (QED) is 0.719. The van der Waals surface area contributed by atoms with Crippen molar-refractivity contribution < 1.29 is 0 Å². The van der Waals surface area contributed by atoms with Gasteiger partial charge in [0.05, 0.1) is 0 Å². The molecular formula is C18H20N2. The number of H-pyrrole nitrogens is 1. The zero-order valence-corrected chi connectivity index (χ0v) is 11.8. The van der Waals surface area contributed by atoms with Crippen LogP contribution in [0.2, 0.25) is 0 Å². The number of hydrogen-bond acceptors (Lipinski definition) is 1. The van der Waals surface area contributed by atoms with Crippen LogP contribution in [-0.4, -0.2) is 11.0 Å². The van der Waals surface area contributed by atoms with Gasteiger partial charge < -0.3 is 10.3 Å². The van der Waals surface area contributed by atoms with Gasteiger partial charge in [0, 0.05) is 24.3 Å². The molecule has 0 saturated heterocycles. The Bertz CT molecular complexity index is 670. The molecule has 0 saturated carbocycles. The molecule has 3 aromatic rings. The predicted octanol–water partition coefficient (Wildman–Crippen LogP) is 3.89. The molecule has 0 radical (unpaired) electrons. The van der Waals surface area contributed by atoms with Crippen molar-refractivity contribution in [2.24, 2.45) is 0 Å². The van der Waals surface area contributed by atoms with E-state index in [1.807, 2.05) is 6.20 Å². The van der Waals surface area contributed by atoms with E-state index in [4.69, 9.17) is 0 Å². The zero-order chi connectivity index (χ0) is 13.8. The Morgan fingerprint density at radius 1 is 1.00 bits per heavy atom. The van der Waals surface area contributed by atoms with E-state index in [1.54, 1.807) is 0 Å². The summed E-state index contributed by atoms with van der Waals surface area (Å²) in [6, 6.07) is 19.8. The molecule has 2 N–H and O–H groups in total. The second kappa shape index (κ2) is 5.93. The van der Waals surface area contributed by atoms with Crippen LogP contribution in [-0.2, 0) is 13.0 Å². The van der Waals surface area contributed by atoms with Gasteiger partial charge in [-0.2, -0.15) is 0 Å². The first-order chi connectivity index (χ1) is 9.81. The van der Waals surface area contributed by atoms with Crippen molar-refractivity contribution in [2.75, 3.05) is 0 Å². The Morgan fingerprint density at radius 2 is 1.85 bits per heavy atom. The molecule has 3 rings (SSSR count). The second-order valence-corrected chi connectivity index (χ2v) is 5.37. The van der Waals surface area contributed by atoms with Gasteiger partial charge in [0.2, 0.25) is 0 Å². The topological polar surface area (TPSA) is 27.8 Å². The number of aromatic nitrogens is 1. The lowest BCUT2D eigenvalue weighted by atomic mass is 10.1. The second-order valence-electron chi connectivity index (χ2n) is 5.37. The van der Waals surface area contributed by atoms with Crippen molar-refractivity contribution in [1.82, 2.24) is 10.3 Å². The van der Waals surface area contributed by atoms with Crippen LogP contribution in [0.3, 0.4) is 0 Å². The van der Waals surface area contributed by atoms with Crippen molar-refractivity contribution in [2.45, 2.75) is 25.9 Å². The van der Waals surface area contributed by atoms with E-state index in [2.05, 4.69) is 71.8 Å². The highest BCUT2D eigenvalue weighted by atomic mass is 14.9. The molecule has 2 nitrogen and oxygen atoms in total. The Balaban J connectivity index is 1.58. The molecule has 1 aromatic heterocycles. The lowest BCUT2D eigenvalue weighted by Gasteiger charge is -2.14. The summed E-state index contributed by atoms with van der Waals surface area (Å²) in [5.41, 5.74) is 3.91. The van der Waals surface area contributed by atoms with Gasteiger partial charge in [0.15, 0.2) is 0 Å². The summed E-state index contributed by atoms with van der Waals surface area (Å²) in [7, 11) is 0. The third-order valence-corrected chi connectivity index (χ3v) is 3.66. The van der Waals surface area contributed by atoms with Crippen LogP contribution in [0.1, 0.15) is 18.1 Å². The predicted molar refractivity (Wildman–Crippen MR) is 84.7 cm³/mol. The molecule has 0 bridgehead atoms. The van der Waals surface area contributed by atoms with E-state index in [0.29, 0.717) is 6.04 Å². The molecule has 2 aromatic carbocycles. The number of fused-ring (bicyclic) bond motifs is 1. The molecule has 1 unspecified atom stereocenters. The van der Waals surface area contributed by atoms with Gasteiger partial charge in [-0.1, -0.05) is 42.5 Å². The molecule has 2 heteroatoms. The van der Waals surface area contributed by atoms with Crippen LogP contribution >= 0.6 is 0 Å². The fraction of sp³-hybridized carbons (Fsp3) is 0.222. The molecule has 102 valence electrons. The van der Waals surface area contributed by atoms with Crippen molar-refractivity contribution in [3.05, 3.63) is 71.9 Å². The average molecular weight is 264 g/mol. The third kappa shape index (κ3) is 3.09. The van der Waals surface area contributed by atoms with Gasteiger partial charge in [0.1, 0.15) is 0 Å². The Labute approximate surface area is 119 Å². The monoisotopic (exact) mass is 264 g/mol. The van der Waals surface area contributed by atoms with E-state index < -0.39 is 0 Å². The smallest absolute Gasteiger partial charge is 0.0457 e. The summed E-state index contributed by atoms with van der Waals surface area (Å²) in [5.74, 6) is 0. The first-order valence-corrected chi connectivity index (χ1v) is 7.14. The number of benzene rings is 2. The minimum Gasteiger partial charge on any atom is -0.361 e. The molecular weight excluding hydrogens is 244 g/mol. The Kier molecular flexibility index (Phi) is 3.84. The van der Waals surface area contributed by atoms with E-state index >= 15 is 0 Å². The van der Waals surface area contributed by atoms with E-state index in [1.165, 1.54) is 22.0 Å². The molecule has 20 heavy (non-hydrogen) atoms.